The fraction of sp³-hybridized carbons (Fsp3) is 0.571. The topological polar surface area (TPSA) is 57.7 Å². The van der Waals surface area contributed by atoms with Crippen molar-refractivity contribution < 1.29 is 14.4 Å². The van der Waals surface area contributed by atoms with Gasteiger partial charge in [0.05, 0.1) is 11.3 Å². The minimum absolute atomic E-state index is 0.129. The van der Waals surface area contributed by atoms with Crippen LogP contribution in [0, 0.1) is 5.92 Å². The maximum absolute atomic E-state index is 13.3. The number of amides is 3. The van der Waals surface area contributed by atoms with E-state index in [4.69, 9.17) is 0 Å². The van der Waals surface area contributed by atoms with Gasteiger partial charge >= 0.3 is 0 Å². The van der Waals surface area contributed by atoms with Crippen molar-refractivity contribution >= 4 is 23.4 Å². The molecule has 5 heteroatoms. The van der Waals surface area contributed by atoms with Gasteiger partial charge in [-0.1, -0.05) is 38.8 Å². The van der Waals surface area contributed by atoms with Crippen LogP contribution in [-0.2, 0) is 9.59 Å². The van der Waals surface area contributed by atoms with Crippen molar-refractivity contribution in [3.63, 3.8) is 0 Å². The number of imide groups is 1. The van der Waals surface area contributed by atoms with Crippen molar-refractivity contribution in [2.24, 2.45) is 5.92 Å². The van der Waals surface area contributed by atoms with Crippen LogP contribution in [0.4, 0.5) is 5.69 Å². The maximum atomic E-state index is 13.3. The molecule has 0 aromatic heterocycles. The van der Waals surface area contributed by atoms with E-state index in [-0.39, 0.29) is 23.6 Å². The summed E-state index contributed by atoms with van der Waals surface area (Å²) in [5, 5.41) is 0. The Morgan fingerprint density at radius 3 is 2.69 bits per heavy atom. The minimum atomic E-state index is -0.517. The van der Waals surface area contributed by atoms with Gasteiger partial charge in [0.25, 0.3) is 11.8 Å². The Labute approximate surface area is 155 Å². The minimum Gasteiger partial charge on any atom is -0.327 e. The number of rotatable bonds is 5. The van der Waals surface area contributed by atoms with Crippen molar-refractivity contribution in [1.29, 1.82) is 0 Å². The van der Waals surface area contributed by atoms with Crippen LogP contribution < -0.4 is 4.90 Å². The molecule has 3 amide bonds. The van der Waals surface area contributed by atoms with Crippen LogP contribution in [0.2, 0.25) is 0 Å². The van der Waals surface area contributed by atoms with E-state index in [1.807, 2.05) is 6.92 Å². The van der Waals surface area contributed by atoms with E-state index < -0.39 is 6.04 Å². The van der Waals surface area contributed by atoms with E-state index in [0.29, 0.717) is 30.6 Å². The number of carbonyl (C=O) groups is 3. The molecule has 3 rings (SSSR count). The summed E-state index contributed by atoms with van der Waals surface area (Å²) in [4.78, 5) is 42.7. The van der Waals surface area contributed by atoms with Crippen LogP contribution >= 0.6 is 0 Å². The van der Waals surface area contributed by atoms with E-state index >= 15 is 0 Å². The lowest BCUT2D eigenvalue weighted by Gasteiger charge is -2.34. The predicted octanol–water partition coefficient (Wildman–Crippen LogP) is 3.77. The molecule has 0 radical (unpaired) electrons. The number of piperidine rings is 1. The summed E-state index contributed by atoms with van der Waals surface area (Å²) in [7, 11) is 0. The molecule has 140 valence electrons. The number of anilines is 1. The second-order valence-electron chi connectivity index (χ2n) is 7.29. The predicted molar refractivity (Wildman–Crippen MR) is 101 cm³/mol. The van der Waals surface area contributed by atoms with Gasteiger partial charge in [-0.25, -0.2) is 4.90 Å². The van der Waals surface area contributed by atoms with Gasteiger partial charge in [0, 0.05) is 12.5 Å². The second-order valence-corrected chi connectivity index (χ2v) is 7.29. The molecule has 2 aliphatic heterocycles. The summed E-state index contributed by atoms with van der Waals surface area (Å²) >= 11 is 0. The Bertz CT molecular complexity index is 700. The number of unbranched alkanes of at least 4 members (excludes halogenated alkanes) is 1. The number of fused-ring (bicyclic) bond motifs is 2. The van der Waals surface area contributed by atoms with Gasteiger partial charge in [0.2, 0.25) is 5.91 Å². The zero-order chi connectivity index (χ0) is 18.7. The van der Waals surface area contributed by atoms with Gasteiger partial charge in [0.15, 0.2) is 0 Å². The summed E-state index contributed by atoms with van der Waals surface area (Å²) < 4.78 is 0. The third-order valence-corrected chi connectivity index (χ3v) is 5.61. The molecule has 0 aliphatic carbocycles. The number of nitrogens with zero attached hydrogens (tertiary/aromatic N) is 2. The van der Waals surface area contributed by atoms with Gasteiger partial charge < -0.3 is 4.90 Å². The van der Waals surface area contributed by atoms with Crippen LogP contribution in [0.15, 0.2) is 24.3 Å². The molecule has 0 N–H and O–H groups in total. The molecule has 5 nitrogen and oxygen atoms in total. The Morgan fingerprint density at radius 2 is 1.96 bits per heavy atom. The Morgan fingerprint density at radius 1 is 1.19 bits per heavy atom. The van der Waals surface area contributed by atoms with Crippen molar-refractivity contribution in [2.45, 2.75) is 64.8 Å². The first-order valence-electron chi connectivity index (χ1n) is 9.87. The van der Waals surface area contributed by atoms with Crippen LogP contribution in [0.5, 0.6) is 0 Å². The normalized spacial score (nSPS) is 21.1. The molecular weight excluding hydrogens is 328 g/mol. The van der Waals surface area contributed by atoms with Crippen molar-refractivity contribution in [2.75, 3.05) is 11.4 Å². The SMILES string of the molecule is CCCC[C@@H](CC)C(=O)N1C(=O)[C@@H]2CCCCN2C(=O)c2ccccc21. The highest BCUT2D eigenvalue weighted by Crippen LogP contribution is 2.33. The first kappa shape index (κ1) is 18.6. The molecule has 1 aromatic carbocycles. The van der Waals surface area contributed by atoms with E-state index in [0.717, 1.165) is 32.1 Å². The highest BCUT2D eigenvalue weighted by molar-refractivity contribution is 6.22. The molecule has 2 aliphatic rings. The standard InChI is InChI=1S/C21H28N2O3/c1-3-5-10-15(4-2)19(24)23-17-12-7-6-11-16(17)20(25)22-14-9-8-13-18(22)21(23)26/h6-7,11-12,15,18H,3-5,8-10,13-14H2,1-2H3/t15-,18+/m1/s1. The molecule has 2 atom stereocenters. The monoisotopic (exact) mass is 356 g/mol. The number of hydrogen-bond donors (Lipinski definition) is 0. The van der Waals surface area contributed by atoms with E-state index in [1.54, 1.807) is 29.2 Å². The number of carbonyl (C=O) groups excluding carboxylic acids is 3. The molecule has 0 unspecified atom stereocenters. The first-order valence-corrected chi connectivity index (χ1v) is 9.87. The van der Waals surface area contributed by atoms with Gasteiger partial charge in [-0.15, -0.1) is 0 Å². The lowest BCUT2D eigenvalue weighted by molar-refractivity contribution is -0.131. The third kappa shape index (κ3) is 3.27. The zero-order valence-corrected chi connectivity index (χ0v) is 15.7. The molecule has 0 saturated carbocycles. The lowest BCUT2D eigenvalue weighted by Crippen LogP contribution is -2.53. The van der Waals surface area contributed by atoms with E-state index in [1.165, 1.54) is 4.90 Å². The highest BCUT2D eigenvalue weighted by Gasteiger charge is 2.43. The average Bonchev–Trinajstić information content (AvgIpc) is 2.77. The number of benzene rings is 1. The third-order valence-electron chi connectivity index (χ3n) is 5.61. The number of hydrogen-bond acceptors (Lipinski definition) is 3. The summed E-state index contributed by atoms with van der Waals surface area (Å²) in [6, 6.07) is 6.53. The van der Waals surface area contributed by atoms with Crippen LogP contribution in [0.1, 0.15) is 69.2 Å². The largest absolute Gasteiger partial charge is 0.327 e. The maximum Gasteiger partial charge on any atom is 0.256 e. The van der Waals surface area contributed by atoms with Gasteiger partial charge in [-0.2, -0.15) is 0 Å². The van der Waals surface area contributed by atoms with Gasteiger partial charge in [0.1, 0.15) is 6.04 Å². The number of para-hydroxylation sites is 1. The summed E-state index contributed by atoms with van der Waals surface area (Å²) in [5.41, 5.74) is 0.917. The van der Waals surface area contributed by atoms with Gasteiger partial charge in [-0.3, -0.25) is 14.4 Å². The second kappa shape index (κ2) is 8.02. The van der Waals surface area contributed by atoms with E-state index in [2.05, 4.69) is 6.92 Å². The first-order chi connectivity index (χ1) is 12.6. The smallest absolute Gasteiger partial charge is 0.256 e. The van der Waals surface area contributed by atoms with Crippen molar-refractivity contribution in [3.8, 4) is 0 Å². The molecule has 0 bridgehead atoms. The fourth-order valence-electron chi connectivity index (χ4n) is 4.07. The average molecular weight is 356 g/mol. The summed E-state index contributed by atoms with van der Waals surface area (Å²) in [5.74, 6) is -0.700. The van der Waals surface area contributed by atoms with Crippen LogP contribution in [0.3, 0.4) is 0 Å². The molecule has 2 heterocycles. The van der Waals surface area contributed by atoms with Gasteiger partial charge in [-0.05, 0) is 44.2 Å². The molecular formula is C21H28N2O3. The van der Waals surface area contributed by atoms with Crippen LogP contribution in [0.25, 0.3) is 0 Å². The molecule has 1 aromatic rings. The molecule has 1 saturated heterocycles. The Kier molecular flexibility index (Phi) is 5.74. The van der Waals surface area contributed by atoms with Crippen molar-refractivity contribution in [3.05, 3.63) is 29.8 Å². The molecule has 0 spiro atoms. The Hall–Kier alpha value is -2.17. The zero-order valence-electron chi connectivity index (χ0n) is 15.7. The fourth-order valence-corrected chi connectivity index (χ4v) is 4.07. The Balaban J connectivity index is 2.04. The summed E-state index contributed by atoms with van der Waals surface area (Å²) in [6.45, 7) is 4.67. The molecule has 1 fully saturated rings. The van der Waals surface area contributed by atoms with E-state index in [9.17, 15) is 14.4 Å². The van der Waals surface area contributed by atoms with Crippen molar-refractivity contribution in [1.82, 2.24) is 4.90 Å². The lowest BCUT2D eigenvalue weighted by atomic mass is 9.96. The highest BCUT2D eigenvalue weighted by atomic mass is 16.2. The summed E-state index contributed by atoms with van der Waals surface area (Å²) in [6.07, 6.45) is 5.90. The quantitative estimate of drug-likeness (QED) is 0.807. The van der Waals surface area contributed by atoms with Crippen LogP contribution in [-0.4, -0.2) is 35.2 Å². The molecule has 26 heavy (non-hydrogen) atoms.